The van der Waals surface area contributed by atoms with Crippen molar-refractivity contribution in [1.29, 1.82) is 0 Å². The van der Waals surface area contributed by atoms with Gasteiger partial charge in [0.2, 0.25) is 0 Å². The van der Waals surface area contributed by atoms with Crippen LogP contribution in [0.5, 0.6) is 0 Å². The van der Waals surface area contributed by atoms with Crippen LogP contribution in [0.15, 0.2) is 0 Å². The first-order chi connectivity index (χ1) is 7.85. The van der Waals surface area contributed by atoms with Gasteiger partial charge < -0.3 is 5.11 Å². The summed E-state index contributed by atoms with van der Waals surface area (Å²) < 4.78 is 0. The van der Waals surface area contributed by atoms with Gasteiger partial charge in [0, 0.05) is 11.3 Å². The predicted molar refractivity (Wildman–Crippen MR) is 73.6 cm³/mol. The van der Waals surface area contributed by atoms with Crippen LogP contribution >= 0.6 is 11.8 Å². The summed E-state index contributed by atoms with van der Waals surface area (Å²) >= 11 is 1.92. The third kappa shape index (κ3) is 4.18. The molecular weight excluding hydrogens is 234 g/mol. The second-order valence-corrected chi connectivity index (χ2v) is 7.47. The molecule has 1 fully saturated rings. The molecule has 1 aliphatic rings. The van der Waals surface area contributed by atoms with Crippen molar-refractivity contribution in [2.45, 2.75) is 75.5 Å². The Morgan fingerprint density at radius 2 is 2.06 bits per heavy atom. The Morgan fingerprint density at radius 1 is 1.41 bits per heavy atom. The minimum atomic E-state index is -0.695. The Bertz CT molecular complexity index is 268. The number of rotatable bonds is 5. The van der Waals surface area contributed by atoms with Crippen LogP contribution < -0.4 is 5.32 Å². The zero-order chi connectivity index (χ0) is 13.1. The van der Waals surface area contributed by atoms with E-state index in [0.29, 0.717) is 10.5 Å². The molecule has 2 N–H and O–H groups in total. The third-order valence-corrected chi connectivity index (χ3v) is 4.48. The number of hydrogen-bond acceptors (Lipinski definition) is 3. The molecule has 0 aliphatic heterocycles. The first-order valence-electron chi connectivity index (χ1n) is 6.52. The summed E-state index contributed by atoms with van der Waals surface area (Å²) in [6, 6.07) is 0.217. The van der Waals surface area contributed by atoms with Crippen molar-refractivity contribution in [3.63, 3.8) is 0 Å². The lowest BCUT2D eigenvalue weighted by Gasteiger charge is -2.40. The summed E-state index contributed by atoms with van der Waals surface area (Å²) in [5.74, 6) is -0.680. The molecule has 0 amide bonds. The molecule has 0 heterocycles. The molecule has 3 nitrogen and oxygen atoms in total. The molecular formula is C13H25NO2S. The van der Waals surface area contributed by atoms with E-state index in [4.69, 9.17) is 0 Å². The van der Waals surface area contributed by atoms with Crippen LogP contribution in [-0.4, -0.2) is 33.2 Å². The maximum Gasteiger partial charge on any atom is 0.323 e. The summed E-state index contributed by atoms with van der Waals surface area (Å²) in [5, 5.41) is 13.9. The lowest BCUT2D eigenvalue weighted by Crippen LogP contribution is -2.57. The van der Waals surface area contributed by atoms with E-state index in [-0.39, 0.29) is 6.04 Å². The fraction of sp³-hybridized carbons (Fsp3) is 0.923. The first-order valence-corrected chi connectivity index (χ1v) is 7.46. The second-order valence-electron chi connectivity index (χ2n) is 5.59. The molecule has 1 saturated carbocycles. The molecule has 0 bridgehead atoms. The fourth-order valence-corrected chi connectivity index (χ4v) is 4.12. The van der Waals surface area contributed by atoms with Crippen LogP contribution in [0.1, 0.15) is 53.4 Å². The van der Waals surface area contributed by atoms with Crippen molar-refractivity contribution in [2.24, 2.45) is 0 Å². The number of hydrogen-bond donors (Lipinski definition) is 2. The predicted octanol–water partition coefficient (Wildman–Crippen LogP) is 2.89. The Balaban J connectivity index is 2.73. The van der Waals surface area contributed by atoms with Crippen LogP contribution in [0, 0.1) is 0 Å². The fourth-order valence-electron chi connectivity index (χ4n) is 2.67. The van der Waals surface area contributed by atoms with Gasteiger partial charge in [0.1, 0.15) is 5.54 Å². The molecule has 0 aromatic heterocycles. The van der Waals surface area contributed by atoms with Gasteiger partial charge in [-0.2, -0.15) is 11.8 Å². The molecule has 0 aromatic rings. The molecule has 0 aromatic carbocycles. The van der Waals surface area contributed by atoms with Gasteiger partial charge >= 0.3 is 5.97 Å². The van der Waals surface area contributed by atoms with Gasteiger partial charge in [0.05, 0.1) is 0 Å². The number of aliphatic carboxylic acids is 1. The van der Waals surface area contributed by atoms with Gasteiger partial charge in [-0.3, -0.25) is 10.1 Å². The number of carbonyl (C=O) groups is 1. The minimum absolute atomic E-state index is 0.217. The highest BCUT2D eigenvalue weighted by atomic mass is 32.2. The highest BCUT2D eigenvalue weighted by molar-refractivity contribution is 8.00. The van der Waals surface area contributed by atoms with Crippen molar-refractivity contribution in [2.75, 3.05) is 0 Å². The van der Waals surface area contributed by atoms with Crippen molar-refractivity contribution in [3.8, 4) is 0 Å². The Labute approximate surface area is 109 Å². The topological polar surface area (TPSA) is 49.3 Å². The van der Waals surface area contributed by atoms with Crippen LogP contribution in [0.3, 0.4) is 0 Å². The molecule has 0 radical (unpaired) electrons. The third-order valence-electron chi connectivity index (χ3n) is 3.14. The Kier molecular flexibility index (Phi) is 5.32. The van der Waals surface area contributed by atoms with E-state index >= 15 is 0 Å². The van der Waals surface area contributed by atoms with E-state index in [1.165, 1.54) is 0 Å². The van der Waals surface area contributed by atoms with E-state index in [2.05, 4.69) is 19.2 Å². The van der Waals surface area contributed by atoms with Crippen LogP contribution in [-0.2, 0) is 4.79 Å². The molecule has 1 rings (SSSR count). The lowest BCUT2D eigenvalue weighted by molar-refractivity contribution is -0.146. The van der Waals surface area contributed by atoms with Gasteiger partial charge in [-0.1, -0.05) is 13.8 Å². The largest absolute Gasteiger partial charge is 0.480 e. The van der Waals surface area contributed by atoms with Crippen molar-refractivity contribution in [1.82, 2.24) is 5.32 Å². The zero-order valence-corrected chi connectivity index (χ0v) is 12.1. The van der Waals surface area contributed by atoms with E-state index in [1.54, 1.807) is 0 Å². The average Bonchev–Trinajstić information content (AvgIpc) is 2.15. The van der Waals surface area contributed by atoms with Gasteiger partial charge in [-0.05, 0) is 44.8 Å². The summed E-state index contributed by atoms with van der Waals surface area (Å²) in [5.41, 5.74) is -0.695. The quantitative estimate of drug-likeness (QED) is 0.797. The standard InChI is InChI=1S/C13H25NO2S/c1-9(2)14-13(12(15)16)7-5-6-11(8-13)17-10(3)4/h9-11,14H,5-8H2,1-4H3,(H,15,16). The molecule has 0 spiro atoms. The second kappa shape index (κ2) is 6.10. The monoisotopic (exact) mass is 259 g/mol. The summed E-state index contributed by atoms with van der Waals surface area (Å²) in [6.45, 7) is 8.39. The van der Waals surface area contributed by atoms with E-state index < -0.39 is 11.5 Å². The highest BCUT2D eigenvalue weighted by Crippen LogP contribution is 2.37. The van der Waals surface area contributed by atoms with Crippen LogP contribution in [0.4, 0.5) is 0 Å². The average molecular weight is 259 g/mol. The molecule has 4 heteroatoms. The maximum atomic E-state index is 11.6. The number of thioether (sulfide) groups is 1. The number of nitrogens with one attached hydrogen (secondary N) is 1. The van der Waals surface area contributed by atoms with Crippen molar-refractivity contribution in [3.05, 3.63) is 0 Å². The lowest BCUT2D eigenvalue weighted by atomic mass is 9.81. The molecule has 100 valence electrons. The molecule has 2 atom stereocenters. The first kappa shape index (κ1) is 14.8. The Morgan fingerprint density at radius 3 is 2.53 bits per heavy atom. The SMILES string of the molecule is CC(C)NC1(C(=O)O)CCCC(SC(C)C)C1. The van der Waals surface area contributed by atoms with Gasteiger partial charge in [-0.15, -0.1) is 0 Å². The zero-order valence-electron chi connectivity index (χ0n) is 11.3. The minimum Gasteiger partial charge on any atom is -0.480 e. The molecule has 2 unspecified atom stereocenters. The maximum absolute atomic E-state index is 11.6. The van der Waals surface area contributed by atoms with E-state index in [1.807, 2.05) is 25.6 Å². The summed E-state index contributed by atoms with van der Waals surface area (Å²) in [6.07, 6.45) is 3.67. The molecule has 1 aliphatic carbocycles. The van der Waals surface area contributed by atoms with E-state index in [0.717, 1.165) is 25.7 Å². The smallest absolute Gasteiger partial charge is 0.323 e. The van der Waals surface area contributed by atoms with Crippen LogP contribution in [0.25, 0.3) is 0 Å². The summed E-state index contributed by atoms with van der Waals surface area (Å²) in [7, 11) is 0. The number of carboxylic acid groups (broad SMARTS) is 1. The van der Waals surface area contributed by atoms with Crippen molar-refractivity contribution < 1.29 is 9.90 Å². The van der Waals surface area contributed by atoms with Crippen molar-refractivity contribution >= 4 is 17.7 Å². The normalized spacial score (nSPS) is 29.9. The molecule has 0 saturated heterocycles. The van der Waals surface area contributed by atoms with E-state index in [9.17, 15) is 9.90 Å². The Hall–Kier alpha value is -0.220. The van der Waals surface area contributed by atoms with Gasteiger partial charge in [0.15, 0.2) is 0 Å². The van der Waals surface area contributed by atoms with Gasteiger partial charge in [0.25, 0.3) is 0 Å². The number of carboxylic acids is 1. The van der Waals surface area contributed by atoms with Crippen LogP contribution in [0.2, 0.25) is 0 Å². The van der Waals surface area contributed by atoms with Gasteiger partial charge in [-0.25, -0.2) is 0 Å². The summed E-state index contributed by atoms with van der Waals surface area (Å²) in [4.78, 5) is 11.6. The highest BCUT2D eigenvalue weighted by Gasteiger charge is 2.43. The molecule has 17 heavy (non-hydrogen) atoms.